The van der Waals surface area contributed by atoms with Crippen molar-refractivity contribution in [3.8, 4) is 6.07 Å². The summed E-state index contributed by atoms with van der Waals surface area (Å²) in [4.78, 5) is 14.0. The third-order valence-corrected chi connectivity index (χ3v) is 6.16. The molecule has 1 aliphatic heterocycles. The molecule has 1 aromatic heterocycles. The normalized spacial score (nSPS) is 16.3. The van der Waals surface area contributed by atoms with E-state index in [9.17, 15) is 14.3 Å². The van der Waals surface area contributed by atoms with Crippen molar-refractivity contribution in [3.05, 3.63) is 65.1 Å². The van der Waals surface area contributed by atoms with Gasteiger partial charge in [-0.05, 0) is 88.0 Å². The lowest BCUT2D eigenvalue weighted by molar-refractivity contribution is 0.0686. The summed E-state index contributed by atoms with van der Waals surface area (Å²) < 4.78 is 14.3. The summed E-state index contributed by atoms with van der Waals surface area (Å²) in [5, 5.41) is 18.7. The first-order valence-corrected chi connectivity index (χ1v) is 11.3. The highest BCUT2D eigenvalue weighted by molar-refractivity contribution is 5.94. The van der Waals surface area contributed by atoms with Gasteiger partial charge in [0, 0.05) is 35.7 Å². The number of rotatable bonds is 4. The summed E-state index contributed by atoms with van der Waals surface area (Å²) in [5.74, 6) is -0.779. The molecular formula is C26H31FN4O2. The van der Waals surface area contributed by atoms with Gasteiger partial charge < -0.3 is 20.3 Å². The third-order valence-electron chi connectivity index (χ3n) is 6.16. The van der Waals surface area contributed by atoms with Gasteiger partial charge in [0.2, 0.25) is 0 Å². The van der Waals surface area contributed by atoms with E-state index in [-0.39, 0.29) is 11.3 Å². The van der Waals surface area contributed by atoms with E-state index in [1.807, 2.05) is 17.6 Å². The van der Waals surface area contributed by atoms with Gasteiger partial charge in [0.05, 0.1) is 11.6 Å². The number of aromatic carboxylic acids is 1. The monoisotopic (exact) mass is 450 g/mol. The molecule has 7 heteroatoms. The first kappa shape index (κ1) is 24.3. The van der Waals surface area contributed by atoms with Gasteiger partial charge in [0.15, 0.2) is 0 Å². The van der Waals surface area contributed by atoms with E-state index in [2.05, 4.69) is 36.9 Å². The molecule has 174 valence electrons. The number of anilines is 1. The van der Waals surface area contributed by atoms with E-state index in [4.69, 9.17) is 11.0 Å². The van der Waals surface area contributed by atoms with Crippen LogP contribution in [0.4, 0.5) is 10.1 Å². The Morgan fingerprint density at radius 1 is 1.27 bits per heavy atom. The molecule has 3 N–H and O–H groups in total. The molecular weight excluding hydrogens is 419 g/mol. The lowest BCUT2D eigenvalue weighted by Crippen LogP contribution is -2.39. The number of hydrogen-bond donors (Lipinski definition) is 2. The maximum absolute atomic E-state index is 12.4. The summed E-state index contributed by atoms with van der Waals surface area (Å²) in [6, 6.07) is 14.4. The second kappa shape index (κ2) is 10.5. The number of nitrogen functional groups attached to an aromatic ring is 1. The largest absolute Gasteiger partial charge is 0.477 e. The number of nitrogens with zero attached hydrogens (tertiary/aromatic N) is 3. The molecule has 0 aliphatic carbocycles. The van der Waals surface area contributed by atoms with Crippen molar-refractivity contribution in [2.45, 2.75) is 52.1 Å². The van der Waals surface area contributed by atoms with Gasteiger partial charge in [-0.3, -0.25) is 0 Å². The average Bonchev–Trinajstić information content (AvgIpc) is 3.17. The SMILES string of the molecule is CCn1c(C(=O)O)cc2cc(C3CCCN(C(C)C)C3)ccc21.N#Cc1cc(N)cc(F)c1. The van der Waals surface area contributed by atoms with E-state index in [1.54, 1.807) is 6.07 Å². The van der Waals surface area contributed by atoms with Crippen LogP contribution in [0.5, 0.6) is 0 Å². The molecule has 2 aromatic carbocycles. The molecule has 3 aromatic rings. The number of carboxylic acid groups (broad SMARTS) is 1. The van der Waals surface area contributed by atoms with Gasteiger partial charge in [-0.25, -0.2) is 9.18 Å². The van der Waals surface area contributed by atoms with Gasteiger partial charge in [0.25, 0.3) is 0 Å². The number of carboxylic acids is 1. The minimum absolute atomic E-state index is 0.248. The van der Waals surface area contributed by atoms with Crippen LogP contribution in [0, 0.1) is 17.1 Å². The molecule has 1 saturated heterocycles. The van der Waals surface area contributed by atoms with E-state index in [1.165, 1.54) is 37.1 Å². The van der Waals surface area contributed by atoms with Gasteiger partial charge >= 0.3 is 5.97 Å². The van der Waals surface area contributed by atoms with Gasteiger partial charge in [-0.15, -0.1) is 0 Å². The Bertz CT molecular complexity index is 1160. The Balaban J connectivity index is 0.000000257. The first-order valence-electron chi connectivity index (χ1n) is 11.3. The van der Waals surface area contributed by atoms with Crippen LogP contribution in [-0.4, -0.2) is 39.7 Å². The minimum Gasteiger partial charge on any atom is -0.477 e. The topological polar surface area (TPSA) is 95.3 Å². The molecule has 1 fully saturated rings. The van der Waals surface area contributed by atoms with Crippen LogP contribution < -0.4 is 5.73 Å². The zero-order valence-corrected chi connectivity index (χ0v) is 19.4. The molecule has 6 nitrogen and oxygen atoms in total. The van der Waals surface area contributed by atoms with Crippen LogP contribution in [0.3, 0.4) is 0 Å². The fourth-order valence-corrected chi connectivity index (χ4v) is 4.49. The lowest BCUT2D eigenvalue weighted by Gasteiger charge is -2.35. The van der Waals surface area contributed by atoms with Crippen molar-refractivity contribution in [2.24, 2.45) is 0 Å². The smallest absolute Gasteiger partial charge is 0.352 e. The van der Waals surface area contributed by atoms with E-state index in [0.29, 0.717) is 24.2 Å². The zero-order valence-electron chi connectivity index (χ0n) is 19.4. The van der Waals surface area contributed by atoms with Crippen LogP contribution in [0.2, 0.25) is 0 Å². The molecule has 33 heavy (non-hydrogen) atoms. The summed E-state index contributed by atoms with van der Waals surface area (Å²) in [6.45, 7) is 9.46. The van der Waals surface area contributed by atoms with E-state index < -0.39 is 11.8 Å². The summed E-state index contributed by atoms with van der Waals surface area (Å²) in [6.07, 6.45) is 2.45. The van der Waals surface area contributed by atoms with Gasteiger partial charge in [0.1, 0.15) is 11.5 Å². The Kier molecular flexibility index (Phi) is 7.72. The number of aromatic nitrogens is 1. The fourth-order valence-electron chi connectivity index (χ4n) is 4.49. The molecule has 0 spiro atoms. The number of benzene rings is 2. The zero-order chi connectivity index (χ0) is 24.1. The number of halogens is 1. The number of likely N-dealkylation sites (tertiary alicyclic amines) is 1. The predicted octanol–water partition coefficient (Wildman–Crippen LogP) is 5.23. The molecule has 1 aliphatic rings. The fraction of sp³-hybridized carbons (Fsp3) is 0.385. The maximum Gasteiger partial charge on any atom is 0.352 e. The quantitative estimate of drug-likeness (QED) is 0.531. The maximum atomic E-state index is 12.4. The number of aryl methyl sites for hydroxylation is 1. The van der Waals surface area contributed by atoms with Crippen molar-refractivity contribution < 1.29 is 14.3 Å². The number of nitriles is 1. The molecule has 1 unspecified atom stereocenters. The molecule has 0 saturated carbocycles. The van der Waals surface area contributed by atoms with Crippen molar-refractivity contribution >= 4 is 22.6 Å². The molecule has 0 bridgehead atoms. The van der Waals surface area contributed by atoms with Crippen LogP contribution >= 0.6 is 0 Å². The van der Waals surface area contributed by atoms with Crippen molar-refractivity contribution in [3.63, 3.8) is 0 Å². The summed E-state index contributed by atoms with van der Waals surface area (Å²) in [7, 11) is 0. The summed E-state index contributed by atoms with van der Waals surface area (Å²) >= 11 is 0. The number of carbonyl (C=O) groups is 1. The van der Waals surface area contributed by atoms with Crippen molar-refractivity contribution in [1.82, 2.24) is 9.47 Å². The third kappa shape index (κ3) is 5.71. The molecule has 1 atom stereocenters. The highest BCUT2D eigenvalue weighted by Crippen LogP contribution is 2.31. The van der Waals surface area contributed by atoms with Crippen molar-refractivity contribution in [1.29, 1.82) is 5.26 Å². The van der Waals surface area contributed by atoms with Gasteiger partial charge in [-0.2, -0.15) is 5.26 Å². The molecule has 2 heterocycles. The minimum atomic E-state index is -0.853. The number of nitrogens with two attached hydrogens (primary N) is 1. The summed E-state index contributed by atoms with van der Waals surface area (Å²) in [5.41, 5.74) is 8.51. The first-order chi connectivity index (χ1) is 15.7. The van der Waals surface area contributed by atoms with Crippen LogP contribution in [-0.2, 0) is 6.54 Å². The van der Waals surface area contributed by atoms with Crippen LogP contribution in [0.15, 0.2) is 42.5 Å². The molecule has 0 amide bonds. The Morgan fingerprint density at radius 2 is 2.03 bits per heavy atom. The highest BCUT2D eigenvalue weighted by Gasteiger charge is 2.23. The van der Waals surface area contributed by atoms with Crippen LogP contribution in [0.25, 0.3) is 10.9 Å². The highest BCUT2D eigenvalue weighted by atomic mass is 19.1. The lowest BCUT2D eigenvalue weighted by atomic mass is 9.89. The predicted molar refractivity (Wildman–Crippen MR) is 129 cm³/mol. The Hall–Kier alpha value is -3.37. The van der Waals surface area contributed by atoms with Crippen molar-refractivity contribution in [2.75, 3.05) is 18.8 Å². The van der Waals surface area contributed by atoms with E-state index in [0.717, 1.165) is 23.5 Å². The number of piperidine rings is 1. The second-order valence-electron chi connectivity index (χ2n) is 8.71. The number of fused-ring (bicyclic) bond motifs is 1. The Labute approximate surface area is 194 Å². The number of hydrogen-bond acceptors (Lipinski definition) is 4. The van der Waals surface area contributed by atoms with Gasteiger partial charge in [-0.1, -0.05) is 6.07 Å². The molecule has 0 radical (unpaired) electrons. The average molecular weight is 451 g/mol. The molecule has 4 rings (SSSR count). The van der Waals surface area contributed by atoms with Crippen LogP contribution in [0.1, 0.15) is 61.1 Å². The second-order valence-corrected chi connectivity index (χ2v) is 8.71. The standard InChI is InChI=1S/C19H26N2O2.C7H5FN2/c1-4-21-17-8-7-14(10-16(17)11-18(21)19(22)23)15-6-5-9-20(12-15)13(2)3;8-6-1-5(4-9)2-7(10)3-6/h7-8,10-11,13,15H,4-6,9,12H2,1-3H3,(H,22,23);1-3H,10H2. The van der Waals surface area contributed by atoms with E-state index >= 15 is 0 Å². The Morgan fingerprint density at radius 3 is 2.64 bits per heavy atom.